The van der Waals surface area contributed by atoms with Gasteiger partial charge in [0.15, 0.2) is 17.3 Å². The third-order valence-electron chi connectivity index (χ3n) is 3.23. The Hall–Kier alpha value is -2.95. The lowest BCUT2D eigenvalue weighted by Crippen LogP contribution is -2.17. The second kappa shape index (κ2) is 4.86. The van der Waals surface area contributed by atoms with Crippen LogP contribution in [0.2, 0.25) is 0 Å². The van der Waals surface area contributed by atoms with Crippen LogP contribution >= 0.6 is 0 Å². The highest BCUT2D eigenvalue weighted by Crippen LogP contribution is 2.26. The van der Waals surface area contributed by atoms with Crippen molar-refractivity contribution in [1.82, 2.24) is 9.97 Å². The minimum atomic E-state index is -0.291. The first kappa shape index (κ1) is 13.1. The van der Waals surface area contributed by atoms with E-state index in [0.717, 1.165) is 0 Å². The summed E-state index contributed by atoms with van der Waals surface area (Å²) in [6.07, 6.45) is 3.95. The second-order valence-corrected chi connectivity index (χ2v) is 4.64. The van der Waals surface area contributed by atoms with Gasteiger partial charge < -0.3 is 0 Å². The summed E-state index contributed by atoms with van der Waals surface area (Å²) in [6.45, 7) is 1.37. The number of nitrogens with zero attached hydrogens (tertiary/aromatic N) is 2. The molecule has 0 spiro atoms. The van der Waals surface area contributed by atoms with Gasteiger partial charge in [0, 0.05) is 18.1 Å². The van der Waals surface area contributed by atoms with E-state index in [1.807, 2.05) is 0 Å². The fourth-order valence-electron chi connectivity index (χ4n) is 2.17. The summed E-state index contributed by atoms with van der Waals surface area (Å²) >= 11 is 0. The Morgan fingerprint density at radius 3 is 2.48 bits per heavy atom. The molecule has 0 unspecified atom stereocenters. The summed E-state index contributed by atoms with van der Waals surface area (Å²) in [5.41, 5.74) is 1.27. The van der Waals surface area contributed by atoms with Gasteiger partial charge in [-0.05, 0) is 6.08 Å². The molecule has 1 aliphatic carbocycles. The van der Waals surface area contributed by atoms with E-state index in [-0.39, 0.29) is 34.3 Å². The number of carbonyl (C=O) groups is 3. The number of hydrogen-bond donors (Lipinski definition) is 0. The van der Waals surface area contributed by atoms with Crippen LogP contribution in [0.4, 0.5) is 0 Å². The van der Waals surface area contributed by atoms with Crippen LogP contribution in [0.15, 0.2) is 42.7 Å². The molecule has 0 radical (unpaired) electrons. The SMILES string of the molecule is CC(=O)c1cncc(C2=CC(=O)c3ccccc3C2=O)n1. The molecule has 2 aromatic rings. The monoisotopic (exact) mass is 278 g/mol. The van der Waals surface area contributed by atoms with E-state index in [9.17, 15) is 14.4 Å². The molecule has 1 heterocycles. The first-order valence-electron chi connectivity index (χ1n) is 6.31. The van der Waals surface area contributed by atoms with Crippen LogP contribution in [-0.4, -0.2) is 27.3 Å². The largest absolute Gasteiger partial charge is 0.293 e. The Bertz CT molecular complexity index is 822. The van der Waals surface area contributed by atoms with Crippen molar-refractivity contribution in [3.63, 3.8) is 0 Å². The maximum absolute atomic E-state index is 12.5. The summed E-state index contributed by atoms with van der Waals surface area (Å²) in [7, 11) is 0. The fraction of sp³-hybridized carbons (Fsp3) is 0.0625. The van der Waals surface area contributed by atoms with Crippen molar-refractivity contribution < 1.29 is 14.4 Å². The molecule has 0 saturated heterocycles. The van der Waals surface area contributed by atoms with Crippen LogP contribution in [-0.2, 0) is 0 Å². The molecule has 0 atom stereocenters. The van der Waals surface area contributed by atoms with E-state index in [4.69, 9.17) is 0 Å². The van der Waals surface area contributed by atoms with E-state index in [1.165, 1.54) is 25.4 Å². The van der Waals surface area contributed by atoms with Gasteiger partial charge in [-0.3, -0.25) is 19.4 Å². The molecule has 1 aliphatic rings. The number of hydrogen-bond acceptors (Lipinski definition) is 5. The van der Waals surface area contributed by atoms with Crippen LogP contribution < -0.4 is 0 Å². The van der Waals surface area contributed by atoms with Crippen LogP contribution in [0.1, 0.15) is 43.8 Å². The zero-order chi connectivity index (χ0) is 15.0. The van der Waals surface area contributed by atoms with Crippen molar-refractivity contribution in [2.24, 2.45) is 0 Å². The zero-order valence-corrected chi connectivity index (χ0v) is 11.2. The number of carbonyl (C=O) groups excluding carboxylic acids is 3. The van der Waals surface area contributed by atoms with Gasteiger partial charge in [-0.1, -0.05) is 24.3 Å². The van der Waals surface area contributed by atoms with Crippen molar-refractivity contribution >= 4 is 22.9 Å². The van der Waals surface area contributed by atoms with Crippen LogP contribution in [0.25, 0.3) is 5.57 Å². The first-order valence-corrected chi connectivity index (χ1v) is 6.31. The number of rotatable bonds is 2. The maximum atomic E-state index is 12.5. The van der Waals surface area contributed by atoms with Crippen LogP contribution in [0, 0.1) is 0 Å². The lowest BCUT2D eigenvalue weighted by atomic mass is 9.88. The van der Waals surface area contributed by atoms with E-state index in [1.54, 1.807) is 24.3 Å². The molecular weight excluding hydrogens is 268 g/mol. The smallest absolute Gasteiger partial charge is 0.196 e. The molecule has 0 saturated carbocycles. The number of aromatic nitrogens is 2. The summed E-state index contributed by atoms with van der Waals surface area (Å²) in [6, 6.07) is 6.62. The third kappa shape index (κ3) is 2.18. The zero-order valence-electron chi connectivity index (χ0n) is 11.2. The third-order valence-corrected chi connectivity index (χ3v) is 3.23. The molecule has 0 N–H and O–H groups in total. The Morgan fingerprint density at radius 2 is 1.76 bits per heavy atom. The van der Waals surface area contributed by atoms with Gasteiger partial charge in [-0.2, -0.15) is 0 Å². The minimum absolute atomic E-state index is 0.160. The van der Waals surface area contributed by atoms with E-state index < -0.39 is 0 Å². The van der Waals surface area contributed by atoms with Crippen molar-refractivity contribution in [1.29, 1.82) is 0 Å². The quantitative estimate of drug-likeness (QED) is 0.786. The van der Waals surface area contributed by atoms with Gasteiger partial charge in [0.1, 0.15) is 5.69 Å². The molecule has 5 nitrogen and oxygen atoms in total. The first-order chi connectivity index (χ1) is 10.1. The molecule has 21 heavy (non-hydrogen) atoms. The minimum Gasteiger partial charge on any atom is -0.293 e. The number of ketones is 3. The van der Waals surface area contributed by atoms with Crippen LogP contribution in [0.3, 0.4) is 0 Å². The second-order valence-electron chi connectivity index (χ2n) is 4.64. The van der Waals surface area contributed by atoms with Crippen LogP contribution in [0.5, 0.6) is 0 Å². The molecule has 0 aliphatic heterocycles. The number of allylic oxidation sites excluding steroid dienone is 2. The highest BCUT2D eigenvalue weighted by atomic mass is 16.1. The van der Waals surface area contributed by atoms with Crippen molar-refractivity contribution in [2.45, 2.75) is 6.92 Å². The summed E-state index contributed by atoms with van der Waals surface area (Å²) in [5, 5.41) is 0. The molecule has 0 amide bonds. The summed E-state index contributed by atoms with van der Waals surface area (Å²) in [5.74, 6) is -0.796. The Morgan fingerprint density at radius 1 is 1.05 bits per heavy atom. The Balaban J connectivity index is 2.13. The molecule has 0 bridgehead atoms. The van der Waals surface area contributed by atoms with E-state index in [2.05, 4.69) is 9.97 Å². The summed E-state index contributed by atoms with van der Waals surface area (Å²) in [4.78, 5) is 43.9. The van der Waals surface area contributed by atoms with Gasteiger partial charge in [-0.25, -0.2) is 4.98 Å². The fourth-order valence-corrected chi connectivity index (χ4v) is 2.17. The molecule has 5 heteroatoms. The highest BCUT2D eigenvalue weighted by Gasteiger charge is 2.27. The Labute approximate surface area is 120 Å². The average molecular weight is 278 g/mol. The normalized spacial score (nSPS) is 13.7. The van der Waals surface area contributed by atoms with E-state index >= 15 is 0 Å². The summed E-state index contributed by atoms with van der Waals surface area (Å²) < 4.78 is 0. The topological polar surface area (TPSA) is 77.0 Å². The van der Waals surface area contributed by atoms with Crippen molar-refractivity contribution in [3.05, 3.63) is 65.2 Å². The molecule has 0 fully saturated rings. The predicted molar refractivity (Wildman–Crippen MR) is 75.1 cm³/mol. The molecule has 3 rings (SSSR count). The molecule has 102 valence electrons. The number of Topliss-reactive ketones (excluding diaryl/α,β-unsaturated/α-hetero) is 2. The standard InChI is InChI=1S/C16H10N2O3/c1-9(19)13-7-17-8-14(18-13)12-6-15(20)10-4-2-3-5-11(10)16(12)21/h2-8H,1H3. The Kier molecular flexibility index (Phi) is 3.02. The average Bonchev–Trinajstić information content (AvgIpc) is 2.51. The maximum Gasteiger partial charge on any atom is 0.196 e. The lowest BCUT2D eigenvalue weighted by molar-refractivity contribution is 0.100. The predicted octanol–water partition coefficient (Wildman–Crippen LogP) is 2.14. The lowest BCUT2D eigenvalue weighted by Gasteiger charge is -2.14. The number of benzene rings is 1. The molecule has 1 aromatic heterocycles. The van der Waals surface area contributed by atoms with Gasteiger partial charge >= 0.3 is 0 Å². The van der Waals surface area contributed by atoms with Gasteiger partial charge in [-0.15, -0.1) is 0 Å². The van der Waals surface area contributed by atoms with Gasteiger partial charge in [0.05, 0.1) is 23.7 Å². The van der Waals surface area contributed by atoms with Crippen molar-refractivity contribution in [2.75, 3.05) is 0 Å². The van der Waals surface area contributed by atoms with Gasteiger partial charge in [0.25, 0.3) is 0 Å². The van der Waals surface area contributed by atoms with Crippen molar-refractivity contribution in [3.8, 4) is 0 Å². The molecule has 1 aromatic carbocycles. The van der Waals surface area contributed by atoms with Gasteiger partial charge in [0.2, 0.25) is 0 Å². The highest BCUT2D eigenvalue weighted by molar-refractivity contribution is 6.38. The number of fused-ring (bicyclic) bond motifs is 1. The molecular formula is C16H10N2O3. The van der Waals surface area contributed by atoms with E-state index in [0.29, 0.717) is 11.1 Å².